The van der Waals surface area contributed by atoms with Gasteiger partial charge in [-0.1, -0.05) is 12.1 Å². The fourth-order valence-electron chi connectivity index (χ4n) is 1.54. The minimum Gasteiger partial charge on any atom is -0.321 e. The zero-order chi connectivity index (χ0) is 13.1. The maximum Gasteiger partial charge on any atom is 0.255 e. The second-order valence-corrected chi connectivity index (χ2v) is 5.06. The number of aryl methyl sites for hydroxylation is 1. The Labute approximate surface area is 118 Å². The highest BCUT2D eigenvalue weighted by Gasteiger charge is 2.09. The molecule has 0 fully saturated rings. The van der Waals surface area contributed by atoms with E-state index < -0.39 is 0 Å². The predicted molar refractivity (Wildman–Crippen MR) is 78.2 cm³/mol. The van der Waals surface area contributed by atoms with E-state index in [1.807, 2.05) is 24.3 Å². The van der Waals surface area contributed by atoms with Crippen LogP contribution in [0.1, 0.15) is 15.9 Å². The van der Waals surface area contributed by atoms with Crippen LogP contribution in [-0.4, -0.2) is 5.91 Å². The molecule has 1 amide bonds. The average molecular weight is 355 g/mol. The van der Waals surface area contributed by atoms with E-state index in [1.54, 1.807) is 13.0 Å². The van der Waals surface area contributed by atoms with Crippen LogP contribution in [0.4, 0.5) is 10.1 Å². The number of benzene rings is 2. The molecule has 0 saturated heterocycles. The van der Waals surface area contributed by atoms with Crippen molar-refractivity contribution in [2.45, 2.75) is 6.92 Å². The van der Waals surface area contributed by atoms with Crippen LogP contribution in [0.3, 0.4) is 0 Å². The zero-order valence-electron chi connectivity index (χ0n) is 9.71. The van der Waals surface area contributed by atoms with E-state index in [0.29, 0.717) is 11.1 Å². The normalized spacial score (nSPS) is 10.2. The van der Waals surface area contributed by atoms with E-state index in [-0.39, 0.29) is 11.7 Å². The van der Waals surface area contributed by atoms with Crippen molar-refractivity contribution in [1.82, 2.24) is 0 Å². The zero-order valence-corrected chi connectivity index (χ0v) is 11.9. The van der Waals surface area contributed by atoms with Crippen molar-refractivity contribution in [3.63, 3.8) is 0 Å². The maximum atomic E-state index is 13.1. The van der Waals surface area contributed by atoms with E-state index in [2.05, 4.69) is 27.9 Å². The smallest absolute Gasteiger partial charge is 0.255 e. The van der Waals surface area contributed by atoms with E-state index in [4.69, 9.17) is 0 Å². The quantitative estimate of drug-likeness (QED) is 0.811. The molecular weight excluding hydrogens is 344 g/mol. The van der Waals surface area contributed by atoms with Gasteiger partial charge in [0, 0.05) is 9.13 Å². The second-order valence-electron chi connectivity index (χ2n) is 3.90. The third-order valence-electron chi connectivity index (χ3n) is 2.54. The van der Waals surface area contributed by atoms with Gasteiger partial charge in [-0.3, -0.25) is 4.79 Å². The Morgan fingerprint density at radius 2 is 1.94 bits per heavy atom. The molecule has 0 unspecified atom stereocenters. The summed E-state index contributed by atoms with van der Waals surface area (Å²) in [5.41, 5.74) is 1.67. The van der Waals surface area contributed by atoms with E-state index in [1.165, 1.54) is 12.1 Å². The molecule has 0 saturated carbocycles. The largest absolute Gasteiger partial charge is 0.321 e. The molecule has 2 aromatic rings. The van der Waals surface area contributed by atoms with Crippen LogP contribution in [0.2, 0.25) is 0 Å². The molecule has 0 radical (unpaired) electrons. The van der Waals surface area contributed by atoms with Gasteiger partial charge in [0.1, 0.15) is 5.82 Å². The Kier molecular flexibility index (Phi) is 3.96. The van der Waals surface area contributed by atoms with Gasteiger partial charge in [-0.25, -0.2) is 4.39 Å². The molecule has 2 rings (SSSR count). The Balaban J connectivity index is 2.22. The number of rotatable bonds is 2. The van der Waals surface area contributed by atoms with E-state index >= 15 is 0 Å². The summed E-state index contributed by atoms with van der Waals surface area (Å²) >= 11 is 2.15. The lowest BCUT2D eigenvalue weighted by Crippen LogP contribution is -2.13. The topological polar surface area (TPSA) is 29.1 Å². The van der Waals surface area contributed by atoms with Crippen molar-refractivity contribution in [2.75, 3.05) is 5.32 Å². The van der Waals surface area contributed by atoms with Gasteiger partial charge < -0.3 is 5.32 Å². The lowest BCUT2D eigenvalue weighted by molar-refractivity contribution is 0.102. The number of amides is 1. The lowest BCUT2D eigenvalue weighted by Gasteiger charge is -2.07. The first-order chi connectivity index (χ1) is 8.58. The minimum atomic E-state index is -0.305. The van der Waals surface area contributed by atoms with Gasteiger partial charge in [-0.15, -0.1) is 0 Å². The van der Waals surface area contributed by atoms with Crippen LogP contribution in [0, 0.1) is 16.3 Å². The molecule has 92 valence electrons. The summed E-state index contributed by atoms with van der Waals surface area (Å²) in [6, 6.07) is 11.8. The minimum absolute atomic E-state index is 0.234. The number of carbonyl (C=O) groups excluding carboxylic acids is 1. The Hall–Kier alpha value is -1.43. The molecule has 0 aliphatic rings. The standard InChI is InChI=1S/C14H11FINO/c1-9-8-10(6-7-11(9)15)14(18)17-13-5-3-2-4-12(13)16/h2-8H,1H3,(H,17,18). The number of anilines is 1. The van der Waals surface area contributed by atoms with Gasteiger partial charge in [0.2, 0.25) is 0 Å². The molecule has 0 spiro atoms. The Morgan fingerprint density at radius 1 is 1.22 bits per heavy atom. The first-order valence-electron chi connectivity index (χ1n) is 5.40. The summed E-state index contributed by atoms with van der Waals surface area (Å²) in [6.45, 7) is 1.64. The maximum absolute atomic E-state index is 13.1. The van der Waals surface area contributed by atoms with Crippen molar-refractivity contribution in [3.05, 3.63) is 63.0 Å². The number of nitrogens with one attached hydrogen (secondary N) is 1. The summed E-state index contributed by atoms with van der Waals surface area (Å²) in [6.07, 6.45) is 0. The van der Waals surface area contributed by atoms with Gasteiger partial charge in [0.25, 0.3) is 5.91 Å². The highest BCUT2D eigenvalue weighted by Crippen LogP contribution is 2.18. The average Bonchev–Trinajstić information content (AvgIpc) is 2.35. The fraction of sp³-hybridized carbons (Fsp3) is 0.0714. The Bertz CT molecular complexity index is 598. The molecule has 0 aliphatic carbocycles. The lowest BCUT2D eigenvalue weighted by atomic mass is 10.1. The molecular formula is C14H11FINO. The molecule has 1 N–H and O–H groups in total. The van der Waals surface area contributed by atoms with Crippen LogP contribution < -0.4 is 5.32 Å². The molecule has 2 nitrogen and oxygen atoms in total. The van der Waals surface area contributed by atoms with Crippen LogP contribution in [-0.2, 0) is 0 Å². The van der Waals surface area contributed by atoms with Gasteiger partial charge in [0.05, 0.1) is 5.69 Å². The van der Waals surface area contributed by atoms with Gasteiger partial charge in [0.15, 0.2) is 0 Å². The van der Waals surface area contributed by atoms with Gasteiger partial charge in [-0.05, 0) is 65.4 Å². The SMILES string of the molecule is Cc1cc(C(=O)Nc2ccccc2I)ccc1F. The Morgan fingerprint density at radius 3 is 2.61 bits per heavy atom. The third-order valence-corrected chi connectivity index (χ3v) is 3.48. The van der Waals surface area contributed by atoms with Gasteiger partial charge in [-0.2, -0.15) is 0 Å². The van der Waals surface area contributed by atoms with E-state index in [0.717, 1.165) is 9.26 Å². The predicted octanol–water partition coefficient (Wildman–Crippen LogP) is 3.99. The molecule has 2 aromatic carbocycles. The summed E-state index contributed by atoms with van der Waals surface area (Å²) in [5, 5.41) is 2.80. The first kappa shape index (κ1) is 13.0. The van der Waals surface area contributed by atoms with Crippen molar-refractivity contribution in [3.8, 4) is 0 Å². The third kappa shape index (κ3) is 2.87. The van der Waals surface area contributed by atoms with Crippen LogP contribution in [0.25, 0.3) is 0 Å². The molecule has 0 heterocycles. The number of hydrogen-bond acceptors (Lipinski definition) is 1. The monoisotopic (exact) mass is 355 g/mol. The van der Waals surface area contributed by atoms with Crippen molar-refractivity contribution >= 4 is 34.2 Å². The van der Waals surface area contributed by atoms with Crippen molar-refractivity contribution in [1.29, 1.82) is 0 Å². The summed E-state index contributed by atoms with van der Waals surface area (Å²) in [5.74, 6) is -0.539. The van der Waals surface area contributed by atoms with Crippen LogP contribution in [0.5, 0.6) is 0 Å². The number of hydrogen-bond donors (Lipinski definition) is 1. The highest BCUT2D eigenvalue weighted by molar-refractivity contribution is 14.1. The molecule has 18 heavy (non-hydrogen) atoms. The van der Waals surface area contributed by atoms with E-state index in [9.17, 15) is 9.18 Å². The van der Waals surface area contributed by atoms with Crippen molar-refractivity contribution in [2.24, 2.45) is 0 Å². The molecule has 0 aromatic heterocycles. The van der Waals surface area contributed by atoms with Gasteiger partial charge >= 0.3 is 0 Å². The van der Waals surface area contributed by atoms with Crippen LogP contribution >= 0.6 is 22.6 Å². The summed E-state index contributed by atoms with van der Waals surface area (Å²) in [4.78, 5) is 12.0. The van der Waals surface area contributed by atoms with Crippen LogP contribution in [0.15, 0.2) is 42.5 Å². The summed E-state index contributed by atoms with van der Waals surface area (Å²) in [7, 11) is 0. The highest BCUT2D eigenvalue weighted by atomic mass is 127. The number of carbonyl (C=O) groups is 1. The molecule has 0 bridgehead atoms. The second kappa shape index (κ2) is 5.48. The molecule has 4 heteroatoms. The first-order valence-corrected chi connectivity index (χ1v) is 6.48. The number of para-hydroxylation sites is 1. The molecule has 0 atom stereocenters. The van der Waals surface area contributed by atoms with Crippen molar-refractivity contribution < 1.29 is 9.18 Å². The summed E-state index contributed by atoms with van der Waals surface area (Å²) < 4.78 is 14.1. The fourth-order valence-corrected chi connectivity index (χ4v) is 2.07. The number of halogens is 2. The molecule has 0 aliphatic heterocycles.